The summed E-state index contributed by atoms with van der Waals surface area (Å²) in [5.41, 5.74) is 6.43. The molecule has 0 amide bonds. The fourth-order valence-electron chi connectivity index (χ4n) is 2.73. The molecule has 0 atom stereocenters. The normalized spacial score (nSPS) is 11.3. The van der Waals surface area contributed by atoms with Crippen molar-refractivity contribution in [2.24, 2.45) is 0 Å². The van der Waals surface area contributed by atoms with Crippen LogP contribution in [0.25, 0.3) is 16.5 Å². The van der Waals surface area contributed by atoms with Crippen molar-refractivity contribution in [2.75, 3.05) is 12.8 Å². The Morgan fingerprint density at radius 1 is 1.31 bits per heavy atom. The Morgan fingerprint density at radius 3 is 2.65 bits per heavy atom. The molecule has 0 unspecified atom stereocenters. The first-order valence-corrected chi connectivity index (χ1v) is 8.72. The van der Waals surface area contributed by atoms with Crippen molar-refractivity contribution in [1.29, 1.82) is 5.26 Å². The molecule has 0 saturated heterocycles. The number of hydrogen-bond acceptors (Lipinski definition) is 6. The summed E-state index contributed by atoms with van der Waals surface area (Å²) in [5, 5.41) is 10.00. The Balaban J connectivity index is 2.28. The van der Waals surface area contributed by atoms with E-state index in [4.69, 9.17) is 15.7 Å². The van der Waals surface area contributed by atoms with Crippen molar-refractivity contribution >= 4 is 32.5 Å². The maximum atomic E-state index is 12.1. The molecule has 3 N–H and O–H groups in total. The lowest BCUT2D eigenvalue weighted by molar-refractivity contribution is 0.0593. The van der Waals surface area contributed by atoms with Crippen LogP contribution in [0.1, 0.15) is 16.1 Å². The number of carbonyl (C=O) groups excluding carboxylic acids is 1. The first kappa shape index (κ1) is 17.5. The van der Waals surface area contributed by atoms with E-state index < -0.39 is 16.1 Å². The highest BCUT2D eigenvalue weighted by Gasteiger charge is 2.22. The summed E-state index contributed by atoms with van der Waals surface area (Å²) in [5.74, 6) is -0.712. The molecule has 0 bridgehead atoms. The van der Waals surface area contributed by atoms with Crippen LogP contribution in [0.15, 0.2) is 47.5 Å². The van der Waals surface area contributed by atoms with Crippen molar-refractivity contribution in [3.63, 3.8) is 0 Å². The van der Waals surface area contributed by atoms with E-state index in [0.717, 1.165) is 0 Å². The predicted octanol–water partition coefficient (Wildman–Crippen LogP) is 2.12. The van der Waals surface area contributed by atoms with E-state index in [9.17, 15) is 17.8 Å². The van der Waals surface area contributed by atoms with Crippen LogP contribution in [0.3, 0.4) is 0 Å². The van der Waals surface area contributed by atoms with Gasteiger partial charge in [-0.3, -0.25) is 4.55 Å². The standard InChI is InChI=1S/C17H13N3O5S/c1-25-17(21)16-15(19)11(8-18)9-20(16)12-5-6-13-10(7-12)3-2-4-14(13)26(22,23)24/h2-7,9H,19H2,1H3,(H,22,23,24). The van der Waals surface area contributed by atoms with Crippen LogP contribution in [0, 0.1) is 11.3 Å². The Bertz CT molecular complexity index is 1190. The van der Waals surface area contributed by atoms with E-state index in [1.54, 1.807) is 18.2 Å². The van der Waals surface area contributed by atoms with Gasteiger partial charge < -0.3 is 15.0 Å². The lowest BCUT2D eigenvalue weighted by Crippen LogP contribution is -2.11. The molecule has 1 heterocycles. The van der Waals surface area contributed by atoms with Gasteiger partial charge in [0, 0.05) is 17.3 Å². The van der Waals surface area contributed by atoms with E-state index in [1.807, 2.05) is 6.07 Å². The van der Waals surface area contributed by atoms with E-state index in [1.165, 1.54) is 36.1 Å². The van der Waals surface area contributed by atoms with Gasteiger partial charge in [-0.2, -0.15) is 13.7 Å². The van der Waals surface area contributed by atoms with Crippen molar-refractivity contribution in [3.8, 4) is 11.8 Å². The number of carbonyl (C=O) groups is 1. The van der Waals surface area contributed by atoms with Gasteiger partial charge in [0.25, 0.3) is 10.1 Å². The molecule has 0 fully saturated rings. The molecule has 1 aromatic heterocycles. The van der Waals surface area contributed by atoms with Crippen LogP contribution in [0.4, 0.5) is 5.69 Å². The second-order valence-electron chi connectivity index (χ2n) is 5.42. The van der Waals surface area contributed by atoms with Gasteiger partial charge in [-0.15, -0.1) is 0 Å². The second-order valence-corrected chi connectivity index (χ2v) is 6.81. The Hall–Kier alpha value is -3.35. The largest absolute Gasteiger partial charge is 0.464 e. The lowest BCUT2D eigenvalue weighted by Gasteiger charge is -2.10. The fourth-order valence-corrected chi connectivity index (χ4v) is 3.45. The molecule has 132 valence electrons. The first-order chi connectivity index (χ1) is 12.3. The molecule has 0 saturated carbocycles. The Morgan fingerprint density at radius 2 is 2.04 bits per heavy atom. The number of benzene rings is 2. The van der Waals surface area contributed by atoms with Crippen LogP contribution in [-0.2, 0) is 14.9 Å². The summed E-state index contributed by atoms with van der Waals surface area (Å²) >= 11 is 0. The zero-order chi connectivity index (χ0) is 19.1. The molecule has 0 aliphatic rings. The molecule has 3 rings (SSSR count). The SMILES string of the molecule is COC(=O)c1c(N)c(C#N)cn1-c1ccc2c(S(=O)(=O)O)cccc2c1. The van der Waals surface area contributed by atoms with E-state index >= 15 is 0 Å². The summed E-state index contributed by atoms with van der Waals surface area (Å²) in [4.78, 5) is 11.8. The lowest BCUT2D eigenvalue weighted by atomic mass is 10.1. The van der Waals surface area contributed by atoms with Gasteiger partial charge in [0.05, 0.1) is 18.4 Å². The second kappa shape index (κ2) is 6.18. The fraction of sp³-hybridized carbons (Fsp3) is 0.0588. The number of methoxy groups -OCH3 is 1. The van der Waals surface area contributed by atoms with Gasteiger partial charge >= 0.3 is 5.97 Å². The van der Waals surface area contributed by atoms with Crippen molar-refractivity contribution < 1.29 is 22.5 Å². The van der Waals surface area contributed by atoms with Crippen molar-refractivity contribution in [1.82, 2.24) is 4.57 Å². The third kappa shape index (κ3) is 2.77. The molecule has 8 nitrogen and oxygen atoms in total. The number of anilines is 1. The number of nitrogens with zero attached hydrogens (tertiary/aromatic N) is 2. The minimum atomic E-state index is -4.38. The van der Waals surface area contributed by atoms with Gasteiger partial charge in [0.2, 0.25) is 0 Å². The van der Waals surface area contributed by atoms with Crippen LogP contribution in [0.5, 0.6) is 0 Å². The molecule has 0 radical (unpaired) electrons. The summed E-state index contributed by atoms with van der Waals surface area (Å²) in [6, 6.07) is 11.0. The summed E-state index contributed by atoms with van der Waals surface area (Å²) in [7, 11) is -3.18. The van der Waals surface area contributed by atoms with E-state index in [0.29, 0.717) is 16.5 Å². The molecule has 26 heavy (non-hydrogen) atoms. The van der Waals surface area contributed by atoms with Crippen LogP contribution in [0.2, 0.25) is 0 Å². The minimum Gasteiger partial charge on any atom is -0.464 e. The molecule has 0 aliphatic carbocycles. The number of ether oxygens (including phenoxy) is 1. The Labute approximate surface area is 148 Å². The Kier molecular flexibility index (Phi) is 4.15. The van der Waals surface area contributed by atoms with Gasteiger partial charge in [-0.05, 0) is 23.6 Å². The van der Waals surface area contributed by atoms with Gasteiger partial charge in [0.15, 0.2) is 5.69 Å². The molecular formula is C17H13N3O5S. The quantitative estimate of drug-likeness (QED) is 0.531. The monoisotopic (exact) mass is 371 g/mol. The average molecular weight is 371 g/mol. The number of nitrogens with two attached hydrogens (primary N) is 1. The number of rotatable bonds is 3. The highest BCUT2D eigenvalue weighted by molar-refractivity contribution is 7.86. The van der Waals surface area contributed by atoms with Crippen molar-refractivity contribution in [3.05, 3.63) is 53.9 Å². The number of nitrogen functional groups attached to an aromatic ring is 1. The number of aromatic nitrogens is 1. The van der Waals surface area contributed by atoms with Crippen molar-refractivity contribution in [2.45, 2.75) is 4.90 Å². The van der Waals surface area contributed by atoms with Gasteiger partial charge in [-0.1, -0.05) is 18.2 Å². The van der Waals surface area contributed by atoms with Gasteiger partial charge in [0.1, 0.15) is 11.0 Å². The molecule has 2 aromatic carbocycles. The molecule has 9 heteroatoms. The molecule has 0 aliphatic heterocycles. The summed E-state index contributed by atoms with van der Waals surface area (Å²) in [6.07, 6.45) is 1.40. The molecular weight excluding hydrogens is 358 g/mol. The number of nitriles is 1. The van der Waals surface area contributed by atoms with E-state index in [2.05, 4.69) is 0 Å². The highest BCUT2D eigenvalue weighted by atomic mass is 32.2. The minimum absolute atomic E-state index is 0.00525. The predicted molar refractivity (Wildman–Crippen MR) is 93.6 cm³/mol. The highest BCUT2D eigenvalue weighted by Crippen LogP contribution is 2.29. The van der Waals surface area contributed by atoms with Crippen LogP contribution >= 0.6 is 0 Å². The summed E-state index contributed by atoms with van der Waals surface area (Å²) < 4.78 is 38.5. The maximum absolute atomic E-state index is 12.1. The number of esters is 1. The summed E-state index contributed by atoms with van der Waals surface area (Å²) in [6.45, 7) is 0. The van der Waals surface area contributed by atoms with E-state index in [-0.39, 0.29) is 21.8 Å². The topological polar surface area (TPSA) is 135 Å². The average Bonchev–Trinajstić information content (AvgIpc) is 2.95. The zero-order valence-corrected chi connectivity index (χ0v) is 14.3. The number of fused-ring (bicyclic) bond motifs is 1. The smallest absolute Gasteiger partial charge is 0.357 e. The molecule has 0 spiro atoms. The van der Waals surface area contributed by atoms with Crippen LogP contribution in [-0.4, -0.2) is 30.6 Å². The third-order valence-electron chi connectivity index (χ3n) is 3.92. The maximum Gasteiger partial charge on any atom is 0.357 e. The molecule has 3 aromatic rings. The van der Waals surface area contributed by atoms with Gasteiger partial charge in [-0.25, -0.2) is 4.79 Å². The first-order valence-electron chi connectivity index (χ1n) is 7.27. The third-order valence-corrected chi connectivity index (χ3v) is 4.84. The zero-order valence-electron chi connectivity index (χ0n) is 13.5. The number of hydrogen-bond donors (Lipinski definition) is 2. The van der Waals surface area contributed by atoms with Crippen LogP contribution < -0.4 is 5.73 Å².